The quantitative estimate of drug-likeness (QED) is 0.171. The summed E-state index contributed by atoms with van der Waals surface area (Å²) in [6.07, 6.45) is 0. The molecule has 0 aliphatic heterocycles. The number of carbonyl (C=O) groups excluding carboxylic acids is 1. The lowest BCUT2D eigenvalue weighted by atomic mass is 10.4. The van der Waals surface area contributed by atoms with Crippen molar-refractivity contribution in [3.8, 4) is 0 Å². The van der Waals surface area contributed by atoms with Gasteiger partial charge in [-0.1, -0.05) is 0 Å². The van der Waals surface area contributed by atoms with Crippen LogP contribution in [0.3, 0.4) is 0 Å². The number of nitrogens with one attached hydrogen (secondary N) is 1. The van der Waals surface area contributed by atoms with Gasteiger partial charge in [-0.25, -0.2) is 9.79 Å². The van der Waals surface area contributed by atoms with Gasteiger partial charge in [0.2, 0.25) is 0 Å². The molecule has 6 nitrogen and oxygen atoms in total. The number of hydrogen-bond donors (Lipinski definition) is 4. The standard InChI is InChI=1S/C7H14N4O2S2/c1-2-13-5(12)4(8)3-15-7(14)11-6(9)10/h7-8,14H,2-3H2,1H3,(H4,9,10,11). The smallest absolute Gasteiger partial charge is 0.352 e. The van der Waals surface area contributed by atoms with E-state index >= 15 is 0 Å². The predicted octanol–water partition coefficient (Wildman–Crippen LogP) is -0.211. The number of carbonyl (C=O) groups is 1. The maximum absolute atomic E-state index is 11.0. The highest BCUT2D eigenvalue weighted by atomic mass is 32.2. The molecule has 5 N–H and O–H groups in total. The van der Waals surface area contributed by atoms with Crippen molar-refractivity contribution in [1.82, 2.24) is 0 Å². The van der Waals surface area contributed by atoms with Crippen molar-refractivity contribution in [3.63, 3.8) is 0 Å². The van der Waals surface area contributed by atoms with Crippen molar-refractivity contribution in [2.24, 2.45) is 16.5 Å². The van der Waals surface area contributed by atoms with Crippen molar-refractivity contribution < 1.29 is 9.53 Å². The maximum atomic E-state index is 11.0. The van der Waals surface area contributed by atoms with Crippen molar-refractivity contribution in [1.29, 1.82) is 5.41 Å². The number of aliphatic imine (C=N–C) groups is 1. The molecule has 0 saturated carbocycles. The molecule has 8 heteroatoms. The van der Waals surface area contributed by atoms with E-state index in [9.17, 15) is 4.79 Å². The number of nitrogens with two attached hydrogens (primary N) is 2. The zero-order valence-electron chi connectivity index (χ0n) is 8.27. The van der Waals surface area contributed by atoms with E-state index in [1.165, 1.54) is 0 Å². The zero-order chi connectivity index (χ0) is 11.8. The number of ether oxygens (including phenoxy) is 1. The van der Waals surface area contributed by atoms with E-state index in [-0.39, 0.29) is 24.0 Å². The number of nitrogens with zero attached hydrogens (tertiary/aromatic N) is 1. The van der Waals surface area contributed by atoms with Crippen LogP contribution in [0.15, 0.2) is 4.99 Å². The van der Waals surface area contributed by atoms with Crippen molar-refractivity contribution in [2.75, 3.05) is 12.4 Å². The average Bonchev–Trinajstić information content (AvgIpc) is 2.13. The summed E-state index contributed by atoms with van der Waals surface area (Å²) in [7, 11) is 0. The number of rotatable bonds is 6. The van der Waals surface area contributed by atoms with Gasteiger partial charge in [0, 0.05) is 5.75 Å². The van der Waals surface area contributed by atoms with Crippen LogP contribution in [-0.2, 0) is 9.53 Å². The molecule has 1 unspecified atom stereocenters. The Morgan fingerprint density at radius 3 is 2.73 bits per heavy atom. The molecule has 0 aliphatic rings. The first-order chi connectivity index (χ1) is 6.97. The topological polar surface area (TPSA) is 115 Å². The molecule has 0 radical (unpaired) electrons. The number of esters is 1. The van der Waals surface area contributed by atoms with Gasteiger partial charge < -0.3 is 16.2 Å². The Bertz CT molecular complexity index is 266. The van der Waals surface area contributed by atoms with Crippen molar-refractivity contribution >= 4 is 42.0 Å². The Labute approximate surface area is 97.7 Å². The van der Waals surface area contributed by atoms with E-state index in [4.69, 9.17) is 16.9 Å². The number of thioether (sulfide) groups is 1. The van der Waals surface area contributed by atoms with Crippen LogP contribution in [0.2, 0.25) is 0 Å². The monoisotopic (exact) mass is 250 g/mol. The predicted molar refractivity (Wildman–Crippen MR) is 65.4 cm³/mol. The number of thiol groups is 1. The van der Waals surface area contributed by atoms with Gasteiger partial charge in [-0.3, -0.25) is 5.41 Å². The fourth-order valence-corrected chi connectivity index (χ4v) is 1.59. The fourth-order valence-electron chi connectivity index (χ4n) is 0.600. The van der Waals surface area contributed by atoms with Gasteiger partial charge in [0.25, 0.3) is 0 Å². The largest absolute Gasteiger partial charge is 0.462 e. The SMILES string of the molecule is CCOC(=O)C(=N)CSC(S)N=C(N)N. The van der Waals surface area contributed by atoms with Gasteiger partial charge in [-0.2, -0.15) is 0 Å². The van der Waals surface area contributed by atoms with E-state index in [0.717, 1.165) is 11.8 Å². The Morgan fingerprint density at radius 2 is 2.27 bits per heavy atom. The molecule has 0 fully saturated rings. The van der Waals surface area contributed by atoms with Crippen LogP contribution in [0.1, 0.15) is 6.92 Å². The summed E-state index contributed by atoms with van der Waals surface area (Å²) in [5.41, 5.74) is 10.1. The van der Waals surface area contributed by atoms with Gasteiger partial charge in [0.05, 0.1) is 6.61 Å². The molecule has 0 spiro atoms. The molecule has 15 heavy (non-hydrogen) atoms. The van der Waals surface area contributed by atoms with Crippen LogP contribution in [0.25, 0.3) is 0 Å². The fraction of sp³-hybridized carbons (Fsp3) is 0.571. The molecule has 1 atom stereocenters. The Hall–Kier alpha value is -0.890. The molecule has 0 saturated heterocycles. The number of guanidine groups is 1. The minimum Gasteiger partial charge on any atom is -0.462 e. The third kappa shape index (κ3) is 7.09. The van der Waals surface area contributed by atoms with E-state index in [0.29, 0.717) is 0 Å². The van der Waals surface area contributed by atoms with Crippen molar-refractivity contribution in [2.45, 2.75) is 11.6 Å². The molecule has 0 aromatic rings. The molecule has 0 aromatic carbocycles. The lowest BCUT2D eigenvalue weighted by Crippen LogP contribution is -2.24. The summed E-state index contributed by atoms with van der Waals surface area (Å²) in [6.45, 7) is 1.93. The summed E-state index contributed by atoms with van der Waals surface area (Å²) in [4.78, 5) is 14.7. The molecule has 0 amide bonds. The Kier molecular flexibility index (Phi) is 6.97. The Balaban J connectivity index is 3.90. The van der Waals surface area contributed by atoms with Crippen LogP contribution >= 0.6 is 24.4 Å². The second kappa shape index (κ2) is 7.41. The van der Waals surface area contributed by atoms with Crippen LogP contribution in [-0.4, -0.2) is 34.7 Å². The molecule has 0 bridgehead atoms. The molecule has 86 valence electrons. The molecule has 0 heterocycles. The molecular formula is C7H14N4O2S2. The van der Waals surface area contributed by atoms with Gasteiger partial charge in [-0.15, -0.1) is 24.4 Å². The first-order valence-electron chi connectivity index (χ1n) is 4.10. The third-order valence-corrected chi connectivity index (χ3v) is 2.58. The van der Waals surface area contributed by atoms with Crippen LogP contribution < -0.4 is 11.5 Å². The number of hydrogen-bond acceptors (Lipinski definition) is 6. The highest BCUT2D eigenvalue weighted by molar-refractivity contribution is 8.10. The summed E-state index contributed by atoms with van der Waals surface area (Å²) in [6, 6.07) is 0. The summed E-state index contributed by atoms with van der Waals surface area (Å²) < 4.78 is 4.15. The highest BCUT2D eigenvalue weighted by Gasteiger charge is 2.12. The highest BCUT2D eigenvalue weighted by Crippen LogP contribution is 2.15. The minimum atomic E-state index is -0.629. The van der Waals surface area contributed by atoms with Gasteiger partial charge in [0.15, 0.2) is 5.96 Å². The van der Waals surface area contributed by atoms with Gasteiger partial charge >= 0.3 is 5.97 Å². The average molecular weight is 250 g/mol. The molecule has 0 aromatic heterocycles. The normalized spacial score (nSPS) is 11.6. The van der Waals surface area contributed by atoms with Crippen LogP contribution in [0, 0.1) is 5.41 Å². The first-order valence-corrected chi connectivity index (χ1v) is 5.66. The lowest BCUT2D eigenvalue weighted by Gasteiger charge is -2.06. The second-order valence-corrected chi connectivity index (χ2v) is 4.30. The first kappa shape index (κ1) is 14.1. The Morgan fingerprint density at radius 1 is 1.67 bits per heavy atom. The summed E-state index contributed by atoms with van der Waals surface area (Å²) in [5, 5.41) is 7.33. The second-order valence-electron chi connectivity index (χ2n) is 2.39. The molecular weight excluding hydrogens is 236 g/mol. The maximum Gasteiger partial charge on any atom is 0.352 e. The molecule has 0 aliphatic carbocycles. The van der Waals surface area contributed by atoms with Gasteiger partial charge in [-0.05, 0) is 6.92 Å². The lowest BCUT2D eigenvalue weighted by molar-refractivity contribution is -0.135. The minimum absolute atomic E-state index is 0.0786. The van der Waals surface area contributed by atoms with E-state index in [1.54, 1.807) is 6.92 Å². The van der Waals surface area contributed by atoms with E-state index < -0.39 is 10.7 Å². The van der Waals surface area contributed by atoms with Gasteiger partial charge in [0.1, 0.15) is 10.4 Å². The van der Waals surface area contributed by atoms with E-state index in [1.807, 2.05) is 0 Å². The van der Waals surface area contributed by atoms with Crippen LogP contribution in [0.5, 0.6) is 0 Å². The van der Waals surface area contributed by atoms with E-state index in [2.05, 4.69) is 22.4 Å². The zero-order valence-corrected chi connectivity index (χ0v) is 9.98. The summed E-state index contributed by atoms with van der Waals surface area (Å²) >= 11 is 5.19. The third-order valence-electron chi connectivity index (χ3n) is 1.16. The van der Waals surface area contributed by atoms with Crippen LogP contribution in [0.4, 0.5) is 0 Å². The van der Waals surface area contributed by atoms with Crippen molar-refractivity contribution in [3.05, 3.63) is 0 Å². The molecule has 0 rings (SSSR count). The summed E-state index contributed by atoms with van der Waals surface area (Å²) in [5.74, 6) is -0.551.